The predicted molar refractivity (Wildman–Crippen MR) is 50.9 cm³/mol. The van der Waals surface area contributed by atoms with Crippen LogP contribution in [0.1, 0.15) is 17.4 Å². The van der Waals surface area contributed by atoms with E-state index in [9.17, 15) is 4.79 Å². The summed E-state index contributed by atoms with van der Waals surface area (Å²) in [6, 6.07) is 3.97. The molecule has 0 fully saturated rings. The zero-order valence-electron chi connectivity index (χ0n) is 6.78. The average Bonchev–Trinajstić information content (AvgIpc) is 2.61. The van der Waals surface area contributed by atoms with Crippen LogP contribution in [-0.4, -0.2) is 10.9 Å². The second-order valence-corrected chi connectivity index (χ2v) is 3.51. The molecule has 2 heterocycles. The molecule has 0 bridgehead atoms. The molecule has 12 heavy (non-hydrogen) atoms. The van der Waals surface area contributed by atoms with Crippen LogP contribution in [0.5, 0.6) is 0 Å². The van der Waals surface area contributed by atoms with Gasteiger partial charge in [0.25, 0.3) is 0 Å². The van der Waals surface area contributed by atoms with Crippen LogP contribution < -0.4 is 0 Å². The zero-order chi connectivity index (χ0) is 8.55. The molecule has 2 aromatic rings. The van der Waals surface area contributed by atoms with Crippen molar-refractivity contribution < 1.29 is 4.79 Å². The number of aldehydes is 1. The summed E-state index contributed by atoms with van der Waals surface area (Å²) in [5.41, 5.74) is 0.777. The number of carbonyl (C=O) groups is 1. The number of nitrogens with zero attached hydrogens (tertiary/aromatic N) is 1. The molecule has 0 aliphatic carbocycles. The predicted octanol–water partition coefficient (Wildman–Crippen LogP) is 2.54. The van der Waals surface area contributed by atoms with Crippen molar-refractivity contribution in [3.63, 3.8) is 0 Å². The van der Waals surface area contributed by atoms with E-state index in [1.807, 2.05) is 29.0 Å². The van der Waals surface area contributed by atoms with Gasteiger partial charge in [-0.2, -0.15) is 0 Å². The van der Waals surface area contributed by atoms with Crippen molar-refractivity contribution >= 4 is 27.8 Å². The third kappa shape index (κ3) is 0.898. The summed E-state index contributed by atoms with van der Waals surface area (Å²) in [6.45, 7) is 2.91. The Morgan fingerprint density at radius 2 is 2.50 bits per heavy atom. The van der Waals surface area contributed by atoms with Crippen molar-refractivity contribution in [3.8, 4) is 0 Å². The lowest BCUT2D eigenvalue weighted by molar-refractivity contribution is 0.111. The fraction of sp³-hybridized carbons (Fsp3) is 0.222. The molecule has 0 aromatic carbocycles. The van der Waals surface area contributed by atoms with Crippen molar-refractivity contribution in [1.82, 2.24) is 4.57 Å². The fourth-order valence-electron chi connectivity index (χ4n) is 1.42. The summed E-state index contributed by atoms with van der Waals surface area (Å²) >= 11 is 1.68. The number of aryl methyl sites for hydroxylation is 1. The Bertz CT molecular complexity index is 413. The molecule has 0 N–H and O–H groups in total. The maximum Gasteiger partial charge on any atom is 0.166 e. The van der Waals surface area contributed by atoms with E-state index in [1.54, 1.807) is 11.3 Å². The van der Waals surface area contributed by atoms with Gasteiger partial charge in [0.15, 0.2) is 6.29 Å². The summed E-state index contributed by atoms with van der Waals surface area (Å²) in [6.07, 6.45) is 0.913. The number of hydrogen-bond donors (Lipinski definition) is 0. The highest BCUT2D eigenvalue weighted by atomic mass is 32.1. The molecule has 3 heteroatoms. The van der Waals surface area contributed by atoms with Gasteiger partial charge >= 0.3 is 0 Å². The standard InChI is InChI=1S/C9H9NOS/c1-2-10-8(6-11)5-7-3-4-12-9(7)10/h3-6H,2H2,1H3. The summed E-state index contributed by atoms with van der Waals surface area (Å²) in [7, 11) is 0. The topological polar surface area (TPSA) is 22.0 Å². The van der Waals surface area contributed by atoms with Gasteiger partial charge in [-0.3, -0.25) is 4.79 Å². The Labute approximate surface area is 74.4 Å². The highest BCUT2D eigenvalue weighted by Crippen LogP contribution is 2.24. The first-order valence-corrected chi connectivity index (χ1v) is 4.76. The summed E-state index contributed by atoms with van der Waals surface area (Å²) < 4.78 is 2.03. The van der Waals surface area contributed by atoms with Crippen molar-refractivity contribution in [1.29, 1.82) is 0 Å². The van der Waals surface area contributed by atoms with Crippen LogP contribution in [0.4, 0.5) is 0 Å². The minimum atomic E-state index is 0.777. The second-order valence-electron chi connectivity index (χ2n) is 2.61. The summed E-state index contributed by atoms with van der Waals surface area (Å²) in [5.74, 6) is 0. The fourth-order valence-corrected chi connectivity index (χ4v) is 2.39. The minimum Gasteiger partial charge on any atom is -0.330 e. The Balaban J connectivity index is 2.78. The molecule has 0 saturated carbocycles. The van der Waals surface area contributed by atoms with Gasteiger partial charge in [0.1, 0.15) is 4.83 Å². The maximum atomic E-state index is 10.6. The Kier molecular flexibility index (Phi) is 1.73. The normalized spacial score (nSPS) is 10.8. The molecule has 2 aromatic heterocycles. The van der Waals surface area contributed by atoms with Crippen LogP contribution in [0, 0.1) is 0 Å². The third-order valence-electron chi connectivity index (χ3n) is 1.97. The van der Waals surface area contributed by atoms with Gasteiger partial charge in [-0.25, -0.2) is 0 Å². The first-order chi connectivity index (χ1) is 5.86. The van der Waals surface area contributed by atoms with Crippen LogP contribution in [0.25, 0.3) is 10.2 Å². The molecule has 2 rings (SSSR count). The van der Waals surface area contributed by atoms with Crippen molar-refractivity contribution in [2.75, 3.05) is 0 Å². The van der Waals surface area contributed by atoms with Crippen molar-refractivity contribution in [3.05, 3.63) is 23.2 Å². The molecule has 0 spiro atoms. The highest BCUT2D eigenvalue weighted by molar-refractivity contribution is 7.16. The van der Waals surface area contributed by atoms with E-state index < -0.39 is 0 Å². The third-order valence-corrected chi connectivity index (χ3v) is 2.92. The van der Waals surface area contributed by atoms with E-state index in [1.165, 1.54) is 10.2 Å². The van der Waals surface area contributed by atoms with Crippen LogP contribution in [0.2, 0.25) is 0 Å². The van der Waals surface area contributed by atoms with E-state index in [2.05, 4.69) is 0 Å². The van der Waals surface area contributed by atoms with Crippen LogP contribution in [0.3, 0.4) is 0 Å². The van der Waals surface area contributed by atoms with Crippen LogP contribution >= 0.6 is 11.3 Å². The quantitative estimate of drug-likeness (QED) is 0.649. The Morgan fingerprint density at radius 1 is 1.67 bits per heavy atom. The molecule has 0 aliphatic rings. The van der Waals surface area contributed by atoms with Gasteiger partial charge in [0, 0.05) is 11.9 Å². The molecule has 62 valence electrons. The lowest BCUT2D eigenvalue weighted by Gasteiger charge is -1.99. The van der Waals surface area contributed by atoms with Crippen molar-refractivity contribution in [2.45, 2.75) is 13.5 Å². The van der Waals surface area contributed by atoms with E-state index >= 15 is 0 Å². The Hall–Kier alpha value is -1.09. The summed E-state index contributed by atoms with van der Waals surface area (Å²) in [4.78, 5) is 11.8. The van der Waals surface area contributed by atoms with Crippen LogP contribution in [0.15, 0.2) is 17.5 Å². The van der Waals surface area contributed by atoms with Gasteiger partial charge in [-0.1, -0.05) is 0 Å². The first kappa shape index (κ1) is 7.55. The SMILES string of the molecule is CCn1c(C=O)cc2ccsc21. The lowest BCUT2D eigenvalue weighted by Crippen LogP contribution is -1.97. The minimum absolute atomic E-state index is 0.777. The smallest absolute Gasteiger partial charge is 0.166 e. The molecule has 0 saturated heterocycles. The number of rotatable bonds is 2. The van der Waals surface area contributed by atoms with Gasteiger partial charge in [-0.15, -0.1) is 11.3 Å². The monoisotopic (exact) mass is 179 g/mol. The molecule has 2 nitrogen and oxygen atoms in total. The summed E-state index contributed by atoms with van der Waals surface area (Å²) in [5, 5.41) is 3.22. The van der Waals surface area contributed by atoms with Gasteiger partial charge in [0.05, 0.1) is 5.69 Å². The molecule has 0 atom stereocenters. The molecular weight excluding hydrogens is 170 g/mol. The number of thiophene rings is 1. The Morgan fingerprint density at radius 3 is 3.17 bits per heavy atom. The first-order valence-electron chi connectivity index (χ1n) is 3.88. The number of hydrogen-bond acceptors (Lipinski definition) is 2. The van der Waals surface area contributed by atoms with E-state index in [0.29, 0.717) is 0 Å². The van der Waals surface area contributed by atoms with E-state index in [4.69, 9.17) is 0 Å². The van der Waals surface area contributed by atoms with E-state index in [0.717, 1.165) is 18.5 Å². The maximum absolute atomic E-state index is 10.6. The average molecular weight is 179 g/mol. The second kappa shape index (κ2) is 2.75. The van der Waals surface area contributed by atoms with Crippen molar-refractivity contribution in [2.24, 2.45) is 0 Å². The van der Waals surface area contributed by atoms with Gasteiger partial charge in [-0.05, 0) is 24.4 Å². The number of aromatic nitrogens is 1. The van der Waals surface area contributed by atoms with Gasteiger partial charge in [0.2, 0.25) is 0 Å². The molecular formula is C9H9NOS. The largest absolute Gasteiger partial charge is 0.330 e. The highest BCUT2D eigenvalue weighted by Gasteiger charge is 2.06. The molecule has 0 radical (unpaired) electrons. The zero-order valence-corrected chi connectivity index (χ0v) is 7.60. The molecule has 0 unspecified atom stereocenters. The lowest BCUT2D eigenvalue weighted by atomic mass is 10.4. The molecule has 0 aliphatic heterocycles. The van der Waals surface area contributed by atoms with Crippen LogP contribution in [-0.2, 0) is 6.54 Å². The number of carbonyl (C=O) groups excluding carboxylic acids is 1. The van der Waals surface area contributed by atoms with E-state index in [-0.39, 0.29) is 0 Å². The van der Waals surface area contributed by atoms with Gasteiger partial charge < -0.3 is 4.57 Å². The molecule has 0 amide bonds. The number of fused-ring (bicyclic) bond motifs is 1.